The minimum absolute atomic E-state index is 0.0862. The lowest BCUT2D eigenvalue weighted by Crippen LogP contribution is -2.44. The van der Waals surface area contributed by atoms with E-state index in [0.29, 0.717) is 6.54 Å². The minimum atomic E-state index is -0.172. The zero-order valence-electron chi connectivity index (χ0n) is 11.0. The fraction of sp³-hybridized carbons (Fsp3) is 0.833. The first kappa shape index (κ1) is 14.0. The molecule has 1 rings (SSSR count). The minimum Gasteiger partial charge on any atom is -0.318 e. The summed E-state index contributed by atoms with van der Waals surface area (Å²) < 4.78 is 0. The summed E-state index contributed by atoms with van der Waals surface area (Å²) >= 11 is 0. The SMILES string of the molecule is CCCNC(CCC)CN1C(=O)CN(C)C1=O. The van der Waals surface area contributed by atoms with Gasteiger partial charge in [0.15, 0.2) is 0 Å². The van der Waals surface area contributed by atoms with Crippen molar-refractivity contribution in [3.05, 3.63) is 0 Å². The van der Waals surface area contributed by atoms with Crippen molar-refractivity contribution in [2.45, 2.75) is 39.2 Å². The molecule has 1 fully saturated rings. The van der Waals surface area contributed by atoms with Crippen molar-refractivity contribution in [3.8, 4) is 0 Å². The van der Waals surface area contributed by atoms with Crippen molar-refractivity contribution >= 4 is 11.9 Å². The Balaban J connectivity index is 2.53. The van der Waals surface area contributed by atoms with E-state index in [1.165, 1.54) is 9.80 Å². The van der Waals surface area contributed by atoms with Gasteiger partial charge in [-0.15, -0.1) is 0 Å². The smallest absolute Gasteiger partial charge is 0.318 e. The number of likely N-dealkylation sites (N-methyl/N-ethyl adjacent to an activating group) is 1. The van der Waals surface area contributed by atoms with Crippen LogP contribution in [0, 0.1) is 0 Å². The summed E-state index contributed by atoms with van der Waals surface area (Å²) in [5, 5.41) is 3.39. The fourth-order valence-corrected chi connectivity index (χ4v) is 2.02. The Labute approximate surface area is 103 Å². The summed E-state index contributed by atoms with van der Waals surface area (Å²) in [6, 6.07) is 0.0498. The molecule has 0 bridgehead atoms. The molecule has 0 aromatic rings. The number of nitrogens with one attached hydrogen (secondary N) is 1. The van der Waals surface area contributed by atoms with Crippen LogP contribution in [0.25, 0.3) is 0 Å². The molecule has 17 heavy (non-hydrogen) atoms. The van der Waals surface area contributed by atoms with Crippen LogP contribution < -0.4 is 5.32 Å². The summed E-state index contributed by atoms with van der Waals surface area (Å²) in [5.74, 6) is -0.0862. The lowest BCUT2D eigenvalue weighted by atomic mass is 10.1. The summed E-state index contributed by atoms with van der Waals surface area (Å²) in [4.78, 5) is 26.2. The van der Waals surface area contributed by atoms with Gasteiger partial charge >= 0.3 is 6.03 Å². The van der Waals surface area contributed by atoms with E-state index in [9.17, 15) is 9.59 Å². The molecule has 0 aromatic carbocycles. The number of rotatable bonds is 7. The van der Waals surface area contributed by atoms with Gasteiger partial charge < -0.3 is 10.2 Å². The number of amides is 3. The largest absolute Gasteiger partial charge is 0.327 e. The zero-order chi connectivity index (χ0) is 12.8. The quantitative estimate of drug-likeness (QED) is 0.678. The molecule has 0 radical (unpaired) electrons. The van der Waals surface area contributed by atoms with Crippen LogP contribution in [0.4, 0.5) is 4.79 Å². The van der Waals surface area contributed by atoms with Crippen molar-refractivity contribution in [1.29, 1.82) is 0 Å². The van der Waals surface area contributed by atoms with Gasteiger partial charge in [-0.2, -0.15) is 0 Å². The Bertz CT molecular complexity index is 281. The maximum atomic E-state index is 11.7. The van der Waals surface area contributed by atoms with E-state index < -0.39 is 0 Å². The topological polar surface area (TPSA) is 52.7 Å². The maximum absolute atomic E-state index is 11.7. The Morgan fingerprint density at radius 2 is 2.00 bits per heavy atom. The lowest BCUT2D eigenvalue weighted by molar-refractivity contribution is -0.125. The molecule has 1 atom stereocenters. The van der Waals surface area contributed by atoms with E-state index in [0.717, 1.165) is 25.8 Å². The van der Waals surface area contributed by atoms with E-state index >= 15 is 0 Å². The zero-order valence-corrected chi connectivity index (χ0v) is 11.0. The van der Waals surface area contributed by atoms with Crippen molar-refractivity contribution in [2.24, 2.45) is 0 Å². The van der Waals surface area contributed by atoms with Crippen molar-refractivity contribution in [3.63, 3.8) is 0 Å². The van der Waals surface area contributed by atoms with E-state index in [2.05, 4.69) is 19.2 Å². The van der Waals surface area contributed by atoms with E-state index in [1.54, 1.807) is 7.05 Å². The first-order valence-corrected chi connectivity index (χ1v) is 6.39. The molecule has 1 heterocycles. The number of urea groups is 1. The van der Waals surface area contributed by atoms with Gasteiger partial charge in [-0.3, -0.25) is 9.69 Å². The molecule has 1 unspecified atom stereocenters. The molecule has 0 aromatic heterocycles. The lowest BCUT2D eigenvalue weighted by Gasteiger charge is -2.23. The highest BCUT2D eigenvalue weighted by Crippen LogP contribution is 2.10. The van der Waals surface area contributed by atoms with E-state index in [1.807, 2.05) is 0 Å². The van der Waals surface area contributed by atoms with Gasteiger partial charge in [0.25, 0.3) is 0 Å². The Hall–Kier alpha value is -1.10. The van der Waals surface area contributed by atoms with Gasteiger partial charge in [-0.25, -0.2) is 4.79 Å². The van der Waals surface area contributed by atoms with Crippen LogP contribution in [0.15, 0.2) is 0 Å². The molecule has 1 saturated heterocycles. The van der Waals surface area contributed by atoms with Crippen LogP contribution in [-0.4, -0.2) is 54.5 Å². The van der Waals surface area contributed by atoms with Crippen molar-refractivity contribution in [2.75, 3.05) is 26.7 Å². The molecule has 1 aliphatic rings. The summed E-state index contributed by atoms with van der Waals surface area (Å²) in [5.41, 5.74) is 0. The van der Waals surface area contributed by atoms with Crippen molar-refractivity contribution < 1.29 is 9.59 Å². The van der Waals surface area contributed by atoms with Crippen LogP contribution in [0.1, 0.15) is 33.1 Å². The molecule has 0 spiro atoms. The second-order valence-electron chi connectivity index (χ2n) is 4.58. The number of hydrogen-bond donors (Lipinski definition) is 1. The van der Waals surface area contributed by atoms with Crippen LogP contribution >= 0.6 is 0 Å². The average Bonchev–Trinajstić information content (AvgIpc) is 2.53. The molecule has 0 aliphatic carbocycles. The number of carbonyl (C=O) groups excluding carboxylic acids is 2. The second-order valence-corrected chi connectivity index (χ2v) is 4.58. The molecule has 5 nitrogen and oxygen atoms in total. The molecular formula is C12H23N3O2. The van der Waals surface area contributed by atoms with Gasteiger partial charge in [-0.05, 0) is 19.4 Å². The summed E-state index contributed by atoms with van der Waals surface area (Å²) in [6.07, 6.45) is 3.09. The number of hydrogen-bond acceptors (Lipinski definition) is 3. The average molecular weight is 241 g/mol. The van der Waals surface area contributed by atoms with Crippen LogP contribution in [0.3, 0.4) is 0 Å². The van der Waals surface area contributed by atoms with Gasteiger partial charge in [0, 0.05) is 19.6 Å². The van der Waals surface area contributed by atoms with Crippen molar-refractivity contribution in [1.82, 2.24) is 15.1 Å². The first-order chi connectivity index (χ1) is 8.10. The highest BCUT2D eigenvalue weighted by atomic mass is 16.2. The number of imide groups is 1. The molecular weight excluding hydrogens is 218 g/mol. The van der Waals surface area contributed by atoms with E-state index in [-0.39, 0.29) is 24.5 Å². The van der Waals surface area contributed by atoms with Crippen LogP contribution in [0.2, 0.25) is 0 Å². The van der Waals surface area contributed by atoms with Gasteiger partial charge in [-0.1, -0.05) is 20.3 Å². The standard InChI is InChI=1S/C12H23N3O2/c1-4-6-10(13-7-5-2)8-15-11(16)9-14(3)12(15)17/h10,13H,4-9H2,1-3H3. The number of carbonyl (C=O) groups is 2. The predicted octanol–water partition coefficient (Wildman–Crippen LogP) is 1.05. The molecule has 5 heteroatoms. The maximum Gasteiger partial charge on any atom is 0.327 e. The van der Waals surface area contributed by atoms with Gasteiger partial charge in [0.2, 0.25) is 5.91 Å². The third-order valence-corrected chi connectivity index (χ3v) is 2.95. The predicted molar refractivity (Wildman–Crippen MR) is 66.7 cm³/mol. The Kier molecular flexibility index (Phi) is 5.41. The third kappa shape index (κ3) is 3.70. The van der Waals surface area contributed by atoms with Crippen LogP contribution in [-0.2, 0) is 4.79 Å². The molecule has 98 valence electrons. The summed E-state index contributed by atoms with van der Waals surface area (Å²) in [7, 11) is 1.66. The highest BCUT2D eigenvalue weighted by molar-refractivity contribution is 6.01. The van der Waals surface area contributed by atoms with Gasteiger partial charge in [0.1, 0.15) is 6.54 Å². The number of nitrogens with zero attached hydrogens (tertiary/aromatic N) is 2. The molecule has 1 N–H and O–H groups in total. The Morgan fingerprint density at radius 3 is 2.47 bits per heavy atom. The molecule has 3 amide bonds. The first-order valence-electron chi connectivity index (χ1n) is 6.39. The third-order valence-electron chi connectivity index (χ3n) is 2.95. The van der Waals surface area contributed by atoms with Gasteiger partial charge in [0.05, 0.1) is 0 Å². The van der Waals surface area contributed by atoms with Crippen LogP contribution in [0.5, 0.6) is 0 Å². The monoisotopic (exact) mass is 241 g/mol. The Morgan fingerprint density at radius 1 is 1.29 bits per heavy atom. The normalized spacial score (nSPS) is 18.1. The summed E-state index contributed by atoms with van der Waals surface area (Å²) in [6.45, 7) is 5.86. The second kappa shape index (κ2) is 6.59. The van der Waals surface area contributed by atoms with E-state index in [4.69, 9.17) is 0 Å². The molecule has 1 aliphatic heterocycles. The highest BCUT2D eigenvalue weighted by Gasteiger charge is 2.34. The molecule has 0 saturated carbocycles. The fourth-order valence-electron chi connectivity index (χ4n) is 2.02.